The van der Waals surface area contributed by atoms with Crippen LogP contribution in [0, 0.1) is 10.1 Å². The van der Waals surface area contributed by atoms with E-state index in [0.29, 0.717) is 12.4 Å². The van der Waals surface area contributed by atoms with Gasteiger partial charge in [-0.2, -0.15) is 5.10 Å². The Hall–Kier alpha value is -4.24. The van der Waals surface area contributed by atoms with Gasteiger partial charge in [-0.25, -0.2) is 5.43 Å². The third-order valence-electron chi connectivity index (χ3n) is 5.06. The lowest BCUT2D eigenvalue weighted by molar-refractivity contribution is -0.384. The van der Waals surface area contributed by atoms with Crippen molar-refractivity contribution in [2.45, 2.75) is 32.5 Å². The number of nitro groups is 1. The number of aliphatic hydroxyl groups is 1. The van der Waals surface area contributed by atoms with Gasteiger partial charge in [-0.1, -0.05) is 12.1 Å². The zero-order valence-corrected chi connectivity index (χ0v) is 19.3. The van der Waals surface area contributed by atoms with Gasteiger partial charge in [0.1, 0.15) is 18.1 Å². The molecule has 0 aliphatic rings. The van der Waals surface area contributed by atoms with Gasteiger partial charge in [0, 0.05) is 18.6 Å². The molecule has 0 bridgehead atoms. The first kappa shape index (κ1) is 25.4. The number of ether oxygens (including phenoxy) is 2. The molecule has 0 fully saturated rings. The minimum Gasteiger partial charge on any atom is -0.494 e. The molecule has 9 heteroatoms. The topological polar surface area (TPSA) is 123 Å². The van der Waals surface area contributed by atoms with E-state index < -0.39 is 11.0 Å². The molecule has 0 spiro atoms. The fraction of sp³-hybridized carbons (Fsp3) is 0.231. The molecule has 0 aliphatic carbocycles. The van der Waals surface area contributed by atoms with Gasteiger partial charge >= 0.3 is 0 Å². The minimum atomic E-state index is -0.751. The Morgan fingerprint density at radius 2 is 1.66 bits per heavy atom. The summed E-state index contributed by atoms with van der Waals surface area (Å²) < 4.78 is 11.1. The molecule has 9 nitrogen and oxygen atoms in total. The van der Waals surface area contributed by atoms with Crippen LogP contribution in [-0.2, 0) is 11.4 Å². The number of carbonyl (C=O) groups excluding carboxylic acids is 1. The van der Waals surface area contributed by atoms with Crippen LogP contribution >= 0.6 is 0 Å². The number of amides is 1. The third kappa shape index (κ3) is 8.24. The summed E-state index contributed by atoms with van der Waals surface area (Å²) in [7, 11) is 0. The molecule has 3 rings (SSSR count). The van der Waals surface area contributed by atoms with E-state index in [4.69, 9.17) is 9.47 Å². The zero-order chi connectivity index (χ0) is 25.0. The molecule has 0 aliphatic heterocycles. The van der Waals surface area contributed by atoms with Crippen molar-refractivity contribution < 1.29 is 24.3 Å². The van der Waals surface area contributed by atoms with Crippen molar-refractivity contribution in [3.8, 4) is 11.5 Å². The summed E-state index contributed by atoms with van der Waals surface area (Å²) in [6.45, 7) is 2.76. The highest BCUT2D eigenvalue weighted by Crippen LogP contribution is 2.21. The van der Waals surface area contributed by atoms with E-state index in [0.717, 1.165) is 22.4 Å². The van der Waals surface area contributed by atoms with Gasteiger partial charge in [0.15, 0.2) is 0 Å². The zero-order valence-electron chi connectivity index (χ0n) is 19.3. The molecule has 35 heavy (non-hydrogen) atoms. The minimum absolute atomic E-state index is 0.0355. The Kier molecular flexibility index (Phi) is 9.32. The van der Waals surface area contributed by atoms with E-state index in [9.17, 15) is 20.0 Å². The van der Waals surface area contributed by atoms with Gasteiger partial charge in [-0.15, -0.1) is 0 Å². The van der Waals surface area contributed by atoms with E-state index in [1.807, 2.05) is 6.92 Å². The average Bonchev–Trinajstić information content (AvgIpc) is 2.87. The molecule has 1 atom stereocenters. The summed E-state index contributed by atoms with van der Waals surface area (Å²) in [5, 5.41) is 24.9. The van der Waals surface area contributed by atoms with Gasteiger partial charge in [0.05, 0.1) is 23.8 Å². The molecule has 0 unspecified atom stereocenters. The predicted molar refractivity (Wildman–Crippen MR) is 131 cm³/mol. The van der Waals surface area contributed by atoms with E-state index in [1.165, 1.54) is 18.3 Å². The van der Waals surface area contributed by atoms with Crippen molar-refractivity contribution in [2.75, 3.05) is 6.61 Å². The molecular formula is C26H27N3O6. The van der Waals surface area contributed by atoms with Crippen molar-refractivity contribution in [2.24, 2.45) is 5.10 Å². The second-order valence-electron chi connectivity index (χ2n) is 7.63. The fourth-order valence-corrected chi connectivity index (χ4v) is 3.15. The van der Waals surface area contributed by atoms with E-state index in [2.05, 4.69) is 10.5 Å². The standard InChI is InChI=1S/C26H27N3O6/c1-2-34-23-13-7-21(8-14-23)25(30)15-16-26(31)28-27-17-19-5-11-24(12-6-19)35-18-20-3-9-22(10-4-20)29(32)33/h3-14,17,25,30H,2,15-16,18H2,1H3,(H,28,31)/b27-17-/t25-/m1/s1. The molecule has 3 aromatic carbocycles. The predicted octanol–water partition coefficient (Wildman–Crippen LogP) is 4.54. The van der Waals surface area contributed by atoms with Crippen molar-refractivity contribution in [3.63, 3.8) is 0 Å². The lowest BCUT2D eigenvalue weighted by Crippen LogP contribution is -2.18. The van der Waals surface area contributed by atoms with Gasteiger partial charge < -0.3 is 14.6 Å². The SMILES string of the molecule is CCOc1ccc([C@H](O)CCC(=O)N/N=C\c2ccc(OCc3ccc([N+](=O)[O-])cc3)cc2)cc1. The second kappa shape index (κ2) is 12.9. The third-order valence-corrected chi connectivity index (χ3v) is 5.06. The molecular weight excluding hydrogens is 450 g/mol. The first-order valence-electron chi connectivity index (χ1n) is 11.1. The van der Waals surface area contributed by atoms with Crippen LogP contribution in [0.4, 0.5) is 5.69 Å². The molecule has 0 saturated heterocycles. The number of carbonyl (C=O) groups is 1. The number of hydrogen-bond donors (Lipinski definition) is 2. The van der Waals surface area contributed by atoms with Gasteiger partial charge in [-0.3, -0.25) is 14.9 Å². The monoisotopic (exact) mass is 477 g/mol. The maximum absolute atomic E-state index is 12.0. The molecule has 1 amide bonds. The smallest absolute Gasteiger partial charge is 0.269 e. The quantitative estimate of drug-likeness (QED) is 0.224. The van der Waals surface area contributed by atoms with Gasteiger partial charge in [0.2, 0.25) is 5.91 Å². The summed E-state index contributed by atoms with van der Waals surface area (Å²) >= 11 is 0. The summed E-state index contributed by atoms with van der Waals surface area (Å²) in [6.07, 6.45) is 1.16. The number of nitro benzene ring substituents is 1. The number of hydrogen-bond acceptors (Lipinski definition) is 7. The second-order valence-corrected chi connectivity index (χ2v) is 7.63. The molecule has 0 heterocycles. The first-order chi connectivity index (χ1) is 16.9. The lowest BCUT2D eigenvalue weighted by Gasteiger charge is -2.11. The highest BCUT2D eigenvalue weighted by Gasteiger charge is 2.10. The van der Waals surface area contributed by atoms with Crippen LogP contribution in [0.1, 0.15) is 42.6 Å². The maximum atomic E-state index is 12.0. The summed E-state index contributed by atoms with van der Waals surface area (Å²) in [4.78, 5) is 22.3. The van der Waals surface area contributed by atoms with Crippen LogP contribution < -0.4 is 14.9 Å². The normalized spacial score (nSPS) is 11.7. The Bertz CT molecular complexity index is 1130. The largest absolute Gasteiger partial charge is 0.494 e. The molecule has 2 N–H and O–H groups in total. The summed E-state index contributed by atoms with van der Waals surface area (Å²) in [5.41, 5.74) is 4.80. The molecule has 3 aromatic rings. The average molecular weight is 478 g/mol. The molecule has 0 radical (unpaired) electrons. The lowest BCUT2D eigenvalue weighted by atomic mass is 10.0. The molecule has 0 saturated carbocycles. The number of nitrogens with one attached hydrogen (secondary N) is 1. The molecule has 0 aromatic heterocycles. The van der Waals surface area contributed by atoms with Gasteiger partial charge in [0.25, 0.3) is 5.69 Å². The number of nitrogens with zero attached hydrogens (tertiary/aromatic N) is 2. The fourth-order valence-electron chi connectivity index (χ4n) is 3.15. The number of rotatable bonds is 12. The van der Waals surface area contributed by atoms with Crippen LogP contribution in [0.3, 0.4) is 0 Å². The number of non-ortho nitro benzene ring substituents is 1. The van der Waals surface area contributed by atoms with E-state index in [-0.39, 0.29) is 31.0 Å². The Labute approximate surface area is 203 Å². The van der Waals surface area contributed by atoms with Crippen LogP contribution in [0.2, 0.25) is 0 Å². The summed E-state index contributed by atoms with van der Waals surface area (Å²) in [6, 6.07) is 20.4. The van der Waals surface area contributed by atoms with Gasteiger partial charge in [-0.05, 0) is 78.6 Å². The number of benzene rings is 3. The highest BCUT2D eigenvalue weighted by molar-refractivity contribution is 5.82. The van der Waals surface area contributed by atoms with Crippen LogP contribution in [0.25, 0.3) is 0 Å². The highest BCUT2D eigenvalue weighted by atomic mass is 16.6. The van der Waals surface area contributed by atoms with Crippen molar-refractivity contribution in [3.05, 3.63) is 99.6 Å². The van der Waals surface area contributed by atoms with Crippen LogP contribution in [0.5, 0.6) is 11.5 Å². The maximum Gasteiger partial charge on any atom is 0.269 e. The molecule has 182 valence electrons. The summed E-state index contributed by atoms with van der Waals surface area (Å²) in [5.74, 6) is 1.07. The van der Waals surface area contributed by atoms with Crippen molar-refractivity contribution in [1.82, 2.24) is 5.43 Å². The van der Waals surface area contributed by atoms with E-state index >= 15 is 0 Å². The number of hydrazone groups is 1. The van der Waals surface area contributed by atoms with Crippen molar-refractivity contribution >= 4 is 17.8 Å². The Morgan fingerprint density at radius 3 is 2.29 bits per heavy atom. The number of aliphatic hydroxyl groups excluding tert-OH is 1. The van der Waals surface area contributed by atoms with Crippen LogP contribution in [-0.4, -0.2) is 28.8 Å². The Morgan fingerprint density at radius 1 is 1.03 bits per heavy atom. The van der Waals surface area contributed by atoms with Crippen molar-refractivity contribution in [1.29, 1.82) is 0 Å². The first-order valence-corrected chi connectivity index (χ1v) is 11.1. The van der Waals surface area contributed by atoms with E-state index in [1.54, 1.807) is 60.7 Å². The van der Waals surface area contributed by atoms with Crippen LogP contribution in [0.15, 0.2) is 77.9 Å². The Balaban J connectivity index is 1.39.